The summed E-state index contributed by atoms with van der Waals surface area (Å²) >= 11 is 1.75. The Kier molecular flexibility index (Phi) is 6.53. The van der Waals surface area contributed by atoms with Crippen LogP contribution in [-0.2, 0) is 6.42 Å². The molecule has 0 fully saturated rings. The number of fused-ring (bicyclic) bond motifs is 7. The molecule has 0 saturated carbocycles. The quantitative estimate of drug-likeness (QED) is 0.169. The van der Waals surface area contributed by atoms with Crippen LogP contribution in [0.25, 0.3) is 105 Å². The summed E-state index contributed by atoms with van der Waals surface area (Å²) in [5, 5.41) is 14.0. The van der Waals surface area contributed by atoms with Crippen molar-refractivity contribution in [1.82, 2.24) is 0 Å². The van der Waals surface area contributed by atoms with E-state index < -0.39 is 0 Å². The van der Waals surface area contributed by atoms with Gasteiger partial charge in [-0.05, 0) is 125 Å². The molecule has 1 aliphatic carbocycles. The maximum atomic E-state index is 6.89. The van der Waals surface area contributed by atoms with Crippen LogP contribution in [0.1, 0.15) is 17.5 Å². The van der Waals surface area contributed by atoms with Gasteiger partial charge in [0, 0.05) is 27.3 Å². The van der Waals surface area contributed by atoms with E-state index in [4.69, 9.17) is 4.42 Å². The highest BCUT2D eigenvalue weighted by molar-refractivity contribution is 7.08. The maximum Gasteiger partial charge on any atom is 0.143 e. The van der Waals surface area contributed by atoms with E-state index in [-0.39, 0.29) is 0 Å². The Hall–Kier alpha value is -6.40. The monoisotopic (exact) mass is 678 g/mol. The second kappa shape index (κ2) is 11.6. The van der Waals surface area contributed by atoms with Gasteiger partial charge in [-0.1, -0.05) is 127 Å². The van der Waals surface area contributed by atoms with Gasteiger partial charge in [0.25, 0.3) is 0 Å². The predicted molar refractivity (Wildman–Crippen MR) is 221 cm³/mol. The van der Waals surface area contributed by atoms with Crippen molar-refractivity contribution < 1.29 is 4.42 Å². The van der Waals surface area contributed by atoms with Crippen molar-refractivity contribution in [2.75, 3.05) is 0 Å². The summed E-state index contributed by atoms with van der Waals surface area (Å²) in [5.41, 5.74) is 14.3. The van der Waals surface area contributed by atoms with Crippen molar-refractivity contribution in [2.24, 2.45) is 0 Å². The summed E-state index contributed by atoms with van der Waals surface area (Å²) in [4.78, 5) is 0. The van der Waals surface area contributed by atoms with Crippen LogP contribution in [0.5, 0.6) is 0 Å². The molecule has 1 nitrogen and oxygen atoms in total. The number of hydrogen-bond donors (Lipinski definition) is 0. The molecule has 0 N–H and O–H groups in total. The first-order valence-electron chi connectivity index (χ1n) is 17.9. The second-order valence-electron chi connectivity index (χ2n) is 13.7. The molecule has 0 radical (unpaired) electrons. The molecule has 2 heteroatoms. The Morgan fingerprint density at radius 1 is 0.558 bits per heavy atom. The number of benzene rings is 7. The van der Waals surface area contributed by atoms with E-state index in [1.54, 1.807) is 11.3 Å². The van der Waals surface area contributed by atoms with Gasteiger partial charge in [0.2, 0.25) is 0 Å². The summed E-state index contributed by atoms with van der Waals surface area (Å²) in [6.07, 6.45) is 6.60. The molecular formula is C50H30OS. The molecule has 0 amide bonds. The zero-order valence-corrected chi connectivity index (χ0v) is 29.1. The smallest absolute Gasteiger partial charge is 0.143 e. The standard InChI is InChI=1S/C50H30OS/c1-2-13-31(14-3-1)46-38-19-8-10-21-40(38)49(41-22-11-9-20-39(41)46)43-24-12-23-42-44-29-32(25-26-45(44)51-50(42)43)47-34-15-4-6-17-36(34)48(33-27-28-52-30-33)37-18-7-5-16-35(37)47/h1-9,12-20,23-30H,10,21H2. The van der Waals surface area contributed by atoms with Crippen LogP contribution in [-0.4, -0.2) is 0 Å². The third kappa shape index (κ3) is 4.30. The van der Waals surface area contributed by atoms with E-state index >= 15 is 0 Å². The molecule has 52 heavy (non-hydrogen) atoms. The fourth-order valence-corrected chi connectivity index (χ4v) is 9.42. The summed E-state index contributed by atoms with van der Waals surface area (Å²) in [6.45, 7) is 0. The van der Waals surface area contributed by atoms with Crippen LogP contribution in [0.4, 0.5) is 0 Å². The first kappa shape index (κ1) is 29.3. The summed E-state index contributed by atoms with van der Waals surface area (Å²) in [7, 11) is 0. The van der Waals surface area contributed by atoms with E-state index in [1.165, 1.54) is 77.0 Å². The van der Waals surface area contributed by atoms with Crippen LogP contribution in [0.15, 0.2) is 155 Å². The third-order valence-corrected chi connectivity index (χ3v) is 11.6. The highest BCUT2D eigenvalue weighted by Gasteiger charge is 2.25. The Morgan fingerprint density at radius 2 is 1.29 bits per heavy atom. The summed E-state index contributed by atoms with van der Waals surface area (Å²) in [5.74, 6) is 0. The van der Waals surface area contributed by atoms with Gasteiger partial charge in [0.15, 0.2) is 0 Å². The first-order chi connectivity index (χ1) is 25.8. The predicted octanol–water partition coefficient (Wildman–Crippen LogP) is 14.3. The second-order valence-corrected chi connectivity index (χ2v) is 14.5. The number of para-hydroxylation sites is 1. The fraction of sp³-hybridized carbons (Fsp3) is 0.0400. The SMILES string of the molecule is c1ccc2c(-c3ccccc3)c3c(c(-c4cccc5c4oc4ccc(-c6c7ccccc7c(-c7ccsc7)c7ccccc67)cc45)c2c#1)CCC=C3. The molecule has 1 aliphatic rings. The minimum atomic E-state index is 0.893. The third-order valence-electron chi connectivity index (χ3n) is 10.9. The highest BCUT2D eigenvalue weighted by atomic mass is 32.1. The zero-order valence-electron chi connectivity index (χ0n) is 28.2. The van der Waals surface area contributed by atoms with Crippen molar-refractivity contribution in [3.05, 3.63) is 174 Å². The minimum absolute atomic E-state index is 0.893. The fourth-order valence-electron chi connectivity index (χ4n) is 8.77. The molecule has 0 aliphatic heterocycles. The van der Waals surface area contributed by atoms with Crippen LogP contribution in [0.3, 0.4) is 0 Å². The van der Waals surface area contributed by atoms with Gasteiger partial charge in [0.05, 0.1) is 0 Å². The van der Waals surface area contributed by atoms with Gasteiger partial charge in [-0.2, -0.15) is 11.3 Å². The lowest BCUT2D eigenvalue weighted by Gasteiger charge is -2.22. The molecule has 242 valence electrons. The van der Waals surface area contributed by atoms with Crippen LogP contribution < -0.4 is 0 Å². The molecule has 8 aromatic carbocycles. The molecule has 0 bridgehead atoms. The Morgan fingerprint density at radius 3 is 2.04 bits per heavy atom. The largest absolute Gasteiger partial charge is 0.455 e. The van der Waals surface area contributed by atoms with Gasteiger partial charge in [0.1, 0.15) is 11.2 Å². The number of furan rings is 1. The lowest BCUT2D eigenvalue weighted by molar-refractivity contribution is 0.670. The maximum absolute atomic E-state index is 6.89. The van der Waals surface area contributed by atoms with Crippen LogP contribution in [0.2, 0.25) is 0 Å². The zero-order chi connectivity index (χ0) is 34.2. The van der Waals surface area contributed by atoms with Crippen LogP contribution >= 0.6 is 11.3 Å². The van der Waals surface area contributed by atoms with Crippen molar-refractivity contribution in [3.63, 3.8) is 0 Å². The van der Waals surface area contributed by atoms with E-state index in [9.17, 15) is 0 Å². The molecule has 10 aromatic rings. The van der Waals surface area contributed by atoms with Gasteiger partial charge in [-0.3, -0.25) is 0 Å². The normalized spacial score (nSPS) is 12.6. The number of rotatable bonds is 4. The topological polar surface area (TPSA) is 13.1 Å². The average molecular weight is 679 g/mol. The lowest BCUT2D eigenvalue weighted by Crippen LogP contribution is -2.02. The molecule has 2 heterocycles. The van der Waals surface area contributed by atoms with Gasteiger partial charge in [-0.25, -0.2) is 0 Å². The Bertz CT molecular complexity index is 2990. The molecule has 2 aromatic heterocycles. The van der Waals surface area contributed by atoms with E-state index in [1.807, 2.05) is 6.07 Å². The Labute approximate surface area is 305 Å². The number of thiophene rings is 1. The number of hydrogen-bond acceptors (Lipinski definition) is 2. The van der Waals surface area contributed by atoms with Crippen LogP contribution in [0, 0.1) is 12.1 Å². The molecule has 0 atom stereocenters. The Balaban J connectivity index is 1.18. The summed E-state index contributed by atoms with van der Waals surface area (Å²) < 4.78 is 6.89. The van der Waals surface area contributed by atoms with Gasteiger partial charge >= 0.3 is 0 Å². The van der Waals surface area contributed by atoms with Crippen molar-refractivity contribution in [1.29, 1.82) is 0 Å². The molecule has 0 unspecified atom stereocenters. The summed E-state index contributed by atoms with van der Waals surface area (Å²) in [6, 6.07) is 55.2. The van der Waals surface area contributed by atoms with E-state index in [0.29, 0.717) is 0 Å². The van der Waals surface area contributed by atoms with E-state index in [0.717, 1.165) is 45.7 Å². The molecule has 0 spiro atoms. The van der Waals surface area contributed by atoms with Gasteiger partial charge in [-0.15, -0.1) is 0 Å². The molecular weight excluding hydrogens is 649 g/mol. The van der Waals surface area contributed by atoms with E-state index in [2.05, 4.69) is 162 Å². The number of allylic oxidation sites excluding steroid dienone is 1. The highest BCUT2D eigenvalue weighted by Crippen LogP contribution is 2.48. The molecule has 0 saturated heterocycles. The lowest BCUT2D eigenvalue weighted by atomic mass is 9.80. The van der Waals surface area contributed by atoms with Crippen molar-refractivity contribution >= 4 is 71.7 Å². The average Bonchev–Trinajstić information content (AvgIpc) is 3.88. The molecule has 11 rings (SSSR count). The minimum Gasteiger partial charge on any atom is -0.455 e. The van der Waals surface area contributed by atoms with Crippen molar-refractivity contribution in [2.45, 2.75) is 12.8 Å². The van der Waals surface area contributed by atoms with Crippen molar-refractivity contribution in [3.8, 4) is 44.5 Å². The first-order valence-corrected chi connectivity index (χ1v) is 18.8. The van der Waals surface area contributed by atoms with Gasteiger partial charge < -0.3 is 4.42 Å².